The van der Waals surface area contributed by atoms with Crippen LogP contribution < -0.4 is 40.2 Å². The van der Waals surface area contributed by atoms with E-state index < -0.39 is 28.5 Å². The summed E-state index contributed by atoms with van der Waals surface area (Å²) >= 11 is 0. The fraction of sp³-hybridized carbons (Fsp3) is 0.889. The summed E-state index contributed by atoms with van der Waals surface area (Å²) in [4.78, 5) is 0. The Labute approximate surface area is 383 Å². The van der Waals surface area contributed by atoms with Crippen LogP contribution in [0.3, 0.4) is 0 Å². The first-order chi connectivity index (χ1) is 25.1. The normalized spacial score (nSPS) is 9.93. The molecule has 0 spiro atoms. The predicted octanol–water partition coefficient (Wildman–Crippen LogP) is 1.22. The molecule has 0 N–H and O–H groups in total. The largest absolute Gasteiger partial charge is 0.881 e. The smallest absolute Gasteiger partial charge is 0.0481 e. The molecule has 0 bridgehead atoms. The Morgan fingerprint density at radius 3 is 0.217 bits per heavy atom. The molecular formula is C36H96B4N4O8P8. The van der Waals surface area contributed by atoms with E-state index >= 15 is 0 Å². The van der Waals surface area contributed by atoms with Gasteiger partial charge in [0.25, 0.3) is 0 Å². The van der Waals surface area contributed by atoms with Gasteiger partial charge in [0.15, 0.2) is 0 Å². The molecule has 0 aliphatic carbocycles. The van der Waals surface area contributed by atoms with Gasteiger partial charge in [-0.05, 0) is 23.9 Å². The van der Waals surface area contributed by atoms with Gasteiger partial charge in [-0.15, -0.1) is 0 Å². The van der Waals surface area contributed by atoms with Crippen LogP contribution >= 0.6 is 58.1 Å². The second-order valence-electron chi connectivity index (χ2n) is 23.3. The first-order valence-electron chi connectivity index (χ1n) is 18.2. The SMILES string of the molecule is C[P+](C)(C)C.C[P+](C)(C)C.C[P+](C)(C)C.C[P+](C)(C)C.C[P+](C)(C)C.C[P+](C)(C)C.C[P+](C)(C)C.C[P+](C)(C)C.N#CB([O-])[O-].N#CB([O-])[O-].N#CB([O-])[O-].N#CB([O-])[O-]. The Hall–Kier alpha value is 1.34. The maximum atomic E-state index is 8.98. The van der Waals surface area contributed by atoms with Crippen LogP contribution in [0.15, 0.2) is 0 Å². The quantitative estimate of drug-likeness (QED) is 0.245. The van der Waals surface area contributed by atoms with E-state index in [1.165, 1.54) is 0 Å². The van der Waals surface area contributed by atoms with Crippen LogP contribution in [0.1, 0.15) is 0 Å². The molecule has 0 aliphatic rings. The van der Waals surface area contributed by atoms with E-state index in [2.05, 4.69) is 213 Å². The van der Waals surface area contributed by atoms with E-state index in [-0.39, 0.29) is 58.1 Å². The highest BCUT2D eigenvalue weighted by atomic mass is 31.2. The molecule has 0 amide bonds. The van der Waals surface area contributed by atoms with E-state index in [0.717, 1.165) is 23.9 Å². The third-order valence-corrected chi connectivity index (χ3v) is 0.422. The molecule has 0 aliphatic heterocycles. The molecule has 0 atom stereocenters. The van der Waals surface area contributed by atoms with Crippen LogP contribution in [0, 0.1) is 44.9 Å². The zero-order valence-electron chi connectivity index (χ0n) is 44.9. The van der Waals surface area contributed by atoms with Crippen molar-refractivity contribution in [3.63, 3.8) is 0 Å². The first kappa shape index (κ1) is 91.7. The van der Waals surface area contributed by atoms with Crippen LogP contribution in [-0.4, -0.2) is 242 Å². The fourth-order valence-corrected chi connectivity index (χ4v) is 0. The molecule has 0 aromatic carbocycles. The van der Waals surface area contributed by atoms with Crippen molar-refractivity contribution in [3.05, 3.63) is 0 Å². The van der Waals surface area contributed by atoms with Crippen molar-refractivity contribution < 1.29 is 40.2 Å². The van der Waals surface area contributed by atoms with Crippen LogP contribution in [0.25, 0.3) is 0 Å². The molecule has 12 nitrogen and oxygen atoms in total. The highest BCUT2D eigenvalue weighted by molar-refractivity contribution is 7.74. The Morgan fingerprint density at radius 2 is 0.217 bits per heavy atom. The molecule has 360 valence electrons. The zero-order chi connectivity index (χ0) is 53.1. The maximum absolute atomic E-state index is 8.98. The van der Waals surface area contributed by atoms with Crippen LogP contribution in [-0.2, 0) is 0 Å². The second kappa shape index (κ2) is 49.8. The molecule has 0 saturated heterocycles. The zero-order valence-corrected chi connectivity index (χ0v) is 52.1. The Balaban J connectivity index is -0.0000000419. The van der Waals surface area contributed by atoms with Gasteiger partial charge >= 0.3 is 0 Å². The Bertz CT molecular complexity index is 792. The van der Waals surface area contributed by atoms with Gasteiger partial charge in [-0.2, -0.15) is 0 Å². The van der Waals surface area contributed by atoms with Crippen molar-refractivity contribution in [2.24, 2.45) is 0 Å². The van der Waals surface area contributed by atoms with Crippen molar-refractivity contribution >= 4 is 86.6 Å². The molecular weight excluding hydrogens is 907 g/mol. The van der Waals surface area contributed by atoms with Crippen molar-refractivity contribution in [2.75, 3.05) is 213 Å². The lowest BCUT2D eigenvalue weighted by atomic mass is 9.97. The Kier molecular flexibility index (Phi) is 76.1. The molecule has 0 unspecified atom stereocenters. The summed E-state index contributed by atoms with van der Waals surface area (Å²) < 4.78 is 0. The first-order valence-corrected chi connectivity index (χ1v) is 46.9. The van der Waals surface area contributed by atoms with Crippen LogP contribution in [0.2, 0.25) is 0 Å². The van der Waals surface area contributed by atoms with Crippen molar-refractivity contribution in [3.8, 4) is 23.9 Å². The van der Waals surface area contributed by atoms with Gasteiger partial charge in [-0.25, -0.2) is 21.0 Å². The van der Waals surface area contributed by atoms with Gasteiger partial charge < -0.3 is 40.2 Å². The molecule has 0 aromatic rings. The van der Waals surface area contributed by atoms with Crippen molar-refractivity contribution in [1.82, 2.24) is 0 Å². The summed E-state index contributed by atoms with van der Waals surface area (Å²) in [6, 6.07) is 0. The van der Waals surface area contributed by atoms with Gasteiger partial charge in [0, 0.05) is 300 Å². The summed E-state index contributed by atoms with van der Waals surface area (Å²) in [5.74, 6) is 3.67. The predicted molar refractivity (Wildman–Crippen MR) is 290 cm³/mol. The van der Waals surface area contributed by atoms with Crippen molar-refractivity contribution in [1.29, 1.82) is 21.0 Å². The van der Waals surface area contributed by atoms with E-state index in [4.69, 9.17) is 61.2 Å². The van der Waals surface area contributed by atoms with Crippen LogP contribution in [0.5, 0.6) is 0 Å². The topological polar surface area (TPSA) is 280 Å². The van der Waals surface area contributed by atoms with Crippen molar-refractivity contribution in [2.45, 2.75) is 0 Å². The minimum Gasteiger partial charge on any atom is -0.881 e. The third kappa shape index (κ3) is 2320. The van der Waals surface area contributed by atoms with Gasteiger partial charge in [0.1, 0.15) is 0 Å². The molecule has 0 rings (SSSR count). The molecule has 0 fully saturated rings. The highest BCUT2D eigenvalue weighted by Crippen LogP contribution is 2.43. The van der Waals surface area contributed by atoms with E-state index in [0.29, 0.717) is 0 Å². The molecule has 24 heteroatoms. The lowest BCUT2D eigenvalue weighted by Gasteiger charge is -2.12. The summed E-state index contributed by atoms with van der Waals surface area (Å²) in [6.45, 7) is 73.6. The minimum absolute atomic E-state index is 0.389. The van der Waals surface area contributed by atoms with Gasteiger partial charge in [0.05, 0.1) is 0 Å². The highest BCUT2D eigenvalue weighted by Gasteiger charge is 2.06. The number of hydrogen-bond donors (Lipinski definition) is 0. The molecule has 0 saturated carbocycles. The standard InChI is InChI=1S/8C4H12P.4CBNO2/c8*1-5(2,3)4;4*3-1-2(4)5/h8*1-4H3;;;;/q8*+1;4*-2. The maximum Gasteiger partial charge on any atom is 0.0481 e. The monoisotopic (exact) mass is 1000 g/mol. The van der Waals surface area contributed by atoms with E-state index in [9.17, 15) is 0 Å². The molecule has 0 aromatic heterocycles. The second-order valence-corrected chi connectivity index (χ2v) is 66.2. The fourth-order valence-electron chi connectivity index (χ4n) is 0. The summed E-state index contributed by atoms with van der Waals surface area (Å²) in [6.07, 6.45) is 0. The number of hydrogen-bond acceptors (Lipinski definition) is 12. The summed E-state index contributed by atoms with van der Waals surface area (Å²) in [5.41, 5.74) is 0. The van der Waals surface area contributed by atoms with E-state index in [1.54, 1.807) is 0 Å². The average molecular weight is 1000 g/mol. The molecule has 0 heterocycles. The van der Waals surface area contributed by atoms with Crippen LogP contribution in [0.4, 0.5) is 0 Å². The molecule has 0 radical (unpaired) electrons. The van der Waals surface area contributed by atoms with Gasteiger partial charge in [0.2, 0.25) is 0 Å². The average Bonchev–Trinajstić information content (AvgIpc) is 2.81. The molecule has 60 heavy (non-hydrogen) atoms. The lowest BCUT2D eigenvalue weighted by Crippen LogP contribution is -2.43. The minimum atomic E-state index is -2.31. The Morgan fingerprint density at radius 1 is 0.200 bits per heavy atom. The van der Waals surface area contributed by atoms with E-state index in [1.807, 2.05) is 0 Å². The third-order valence-electron chi connectivity index (χ3n) is 0.422. The number of nitrogens with zero attached hydrogens (tertiary/aromatic N) is 4. The van der Waals surface area contributed by atoms with Gasteiger partial charge in [-0.1, -0.05) is 0 Å². The summed E-state index contributed by atoms with van der Waals surface area (Å²) in [7, 11) is -12.4. The number of nitriles is 4. The lowest BCUT2D eigenvalue weighted by molar-refractivity contribution is -0.342. The van der Waals surface area contributed by atoms with Gasteiger partial charge in [-0.3, -0.25) is 0 Å². The summed E-state index contributed by atoms with van der Waals surface area (Å²) in [5, 5.41) is 101. The number of rotatable bonds is 0.